The van der Waals surface area contributed by atoms with Crippen LogP contribution in [0.25, 0.3) is 0 Å². The second-order valence-corrected chi connectivity index (χ2v) is 4.36. The molecule has 1 rings (SSSR count). The number of carbonyl (C=O) groups is 1. The van der Waals surface area contributed by atoms with Crippen molar-refractivity contribution in [3.05, 3.63) is 24.4 Å². The van der Waals surface area contributed by atoms with Gasteiger partial charge in [0.15, 0.2) is 0 Å². The predicted octanol–water partition coefficient (Wildman–Crippen LogP) is 3.30. The highest BCUT2D eigenvalue weighted by molar-refractivity contribution is 5.62. The molecule has 0 bridgehead atoms. The average Bonchev–Trinajstić information content (AvgIpc) is 2.34. The van der Waals surface area contributed by atoms with E-state index < -0.39 is 0 Å². The maximum Gasteiger partial charge on any atom is 0.146 e. The van der Waals surface area contributed by atoms with Crippen LogP contribution in [0.5, 0.6) is 0 Å². The Labute approximate surface area is 99.0 Å². The molecule has 1 aliphatic rings. The van der Waals surface area contributed by atoms with Crippen molar-refractivity contribution in [2.45, 2.75) is 51.5 Å². The number of unbranched alkanes of at least 4 members (excludes halogenated alkanes) is 5. The molecule has 1 unspecified atom stereocenters. The van der Waals surface area contributed by atoms with Gasteiger partial charge in [-0.05, 0) is 12.5 Å². The minimum Gasteiger partial charge on any atom is -0.364 e. The Morgan fingerprint density at radius 1 is 1.12 bits per heavy atom. The molecule has 1 heterocycles. The van der Waals surface area contributed by atoms with Crippen molar-refractivity contribution >= 4 is 6.29 Å². The Kier molecular flexibility index (Phi) is 6.62. The number of carbonyl (C=O) groups excluding carboxylic acids is 1. The SMILES string of the molecule is CCCCCCCCN1C=CC=CC1C=O. The van der Waals surface area contributed by atoms with E-state index in [0.29, 0.717) is 0 Å². The highest BCUT2D eigenvalue weighted by Gasteiger charge is 2.11. The lowest BCUT2D eigenvalue weighted by Crippen LogP contribution is -2.32. The molecule has 0 aromatic rings. The fourth-order valence-corrected chi connectivity index (χ4v) is 1.97. The number of nitrogens with zero attached hydrogens (tertiary/aromatic N) is 1. The van der Waals surface area contributed by atoms with Crippen LogP contribution in [0.3, 0.4) is 0 Å². The Hall–Kier alpha value is -1.05. The summed E-state index contributed by atoms with van der Waals surface area (Å²) in [7, 11) is 0. The van der Waals surface area contributed by atoms with Crippen molar-refractivity contribution in [1.82, 2.24) is 4.90 Å². The monoisotopic (exact) mass is 221 g/mol. The molecule has 0 spiro atoms. The second kappa shape index (κ2) is 8.14. The Bertz CT molecular complexity index is 245. The van der Waals surface area contributed by atoms with Gasteiger partial charge in [0.2, 0.25) is 0 Å². The van der Waals surface area contributed by atoms with Crippen LogP contribution in [-0.2, 0) is 4.79 Å². The molecule has 0 saturated carbocycles. The third-order valence-electron chi connectivity index (χ3n) is 2.99. The summed E-state index contributed by atoms with van der Waals surface area (Å²) in [6.07, 6.45) is 16.7. The van der Waals surface area contributed by atoms with E-state index in [0.717, 1.165) is 12.8 Å². The van der Waals surface area contributed by atoms with Gasteiger partial charge in [-0.25, -0.2) is 0 Å². The van der Waals surface area contributed by atoms with Crippen LogP contribution in [0.15, 0.2) is 24.4 Å². The Balaban J connectivity index is 2.10. The van der Waals surface area contributed by atoms with Crippen molar-refractivity contribution in [3.8, 4) is 0 Å². The molecular weight excluding hydrogens is 198 g/mol. The summed E-state index contributed by atoms with van der Waals surface area (Å²) in [5, 5.41) is 0. The van der Waals surface area contributed by atoms with E-state index in [4.69, 9.17) is 0 Å². The summed E-state index contributed by atoms with van der Waals surface area (Å²) in [5.41, 5.74) is 0. The normalized spacial score (nSPS) is 19.1. The van der Waals surface area contributed by atoms with E-state index in [1.54, 1.807) is 0 Å². The topological polar surface area (TPSA) is 20.3 Å². The van der Waals surface area contributed by atoms with Crippen LogP contribution < -0.4 is 0 Å². The lowest BCUT2D eigenvalue weighted by molar-refractivity contribution is -0.110. The van der Waals surface area contributed by atoms with Gasteiger partial charge >= 0.3 is 0 Å². The largest absolute Gasteiger partial charge is 0.364 e. The standard InChI is InChI=1S/C14H23NO/c1-2-3-4-5-6-8-11-15-12-9-7-10-14(15)13-16/h7,9-10,12-14H,2-6,8,11H2,1H3. The van der Waals surface area contributed by atoms with Crippen LogP contribution in [0.2, 0.25) is 0 Å². The average molecular weight is 221 g/mol. The molecule has 0 aliphatic carbocycles. The molecule has 0 saturated heterocycles. The van der Waals surface area contributed by atoms with Crippen molar-refractivity contribution in [2.24, 2.45) is 0 Å². The zero-order valence-electron chi connectivity index (χ0n) is 10.3. The lowest BCUT2D eigenvalue weighted by Gasteiger charge is -2.26. The summed E-state index contributed by atoms with van der Waals surface area (Å²) in [4.78, 5) is 12.9. The van der Waals surface area contributed by atoms with Crippen LogP contribution in [0.4, 0.5) is 0 Å². The zero-order chi connectivity index (χ0) is 11.6. The molecule has 1 atom stereocenters. The quantitative estimate of drug-likeness (QED) is 0.463. The summed E-state index contributed by atoms with van der Waals surface area (Å²) in [5.74, 6) is 0. The molecule has 0 fully saturated rings. The maximum atomic E-state index is 10.8. The molecule has 0 aromatic carbocycles. The highest BCUT2D eigenvalue weighted by Crippen LogP contribution is 2.10. The first-order valence-corrected chi connectivity index (χ1v) is 6.44. The number of rotatable bonds is 8. The van der Waals surface area contributed by atoms with E-state index >= 15 is 0 Å². The van der Waals surface area contributed by atoms with Gasteiger partial charge in [-0.3, -0.25) is 0 Å². The zero-order valence-corrected chi connectivity index (χ0v) is 10.3. The summed E-state index contributed by atoms with van der Waals surface area (Å²) < 4.78 is 0. The summed E-state index contributed by atoms with van der Waals surface area (Å²) in [6.45, 7) is 3.23. The van der Waals surface area contributed by atoms with Crippen LogP contribution in [-0.4, -0.2) is 23.8 Å². The third-order valence-corrected chi connectivity index (χ3v) is 2.99. The first-order chi connectivity index (χ1) is 7.88. The summed E-state index contributed by atoms with van der Waals surface area (Å²) >= 11 is 0. The van der Waals surface area contributed by atoms with Crippen molar-refractivity contribution in [3.63, 3.8) is 0 Å². The van der Waals surface area contributed by atoms with Crippen molar-refractivity contribution < 1.29 is 4.79 Å². The van der Waals surface area contributed by atoms with Gasteiger partial charge in [-0.15, -0.1) is 0 Å². The van der Waals surface area contributed by atoms with E-state index in [1.165, 1.54) is 38.5 Å². The molecular formula is C14H23NO. The molecule has 0 aromatic heterocycles. The molecule has 2 nitrogen and oxygen atoms in total. The van der Waals surface area contributed by atoms with Gasteiger partial charge in [-0.2, -0.15) is 0 Å². The molecule has 2 heteroatoms. The lowest BCUT2D eigenvalue weighted by atomic mass is 10.1. The minimum atomic E-state index is -0.0411. The van der Waals surface area contributed by atoms with E-state index in [2.05, 4.69) is 11.8 Å². The molecule has 90 valence electrons. The number of allylic oxidation sites excluding steroid dienone is 2. The highest BCUT2D eigenvalue weighted by atomic mass is 16.1. The maximum absolute atomic E-state index is 10.8. The van der Waals surface area contributed by atoms with Gasteiger partial charge in [0, 0.05) is 12.7 Å². The first-order valence-electron chi connectivity index (χ1n) is 6.44. The van der Waals surface area contributed by atoms with E-state index in [-0.39, 0.29) is 6.04 Å². The van der Waals surface area contributed by atoms with Gasteiger partial charge in [0.25, 0.3) is 0 Å². The van der Waals surface area contributed by atoms with Crippen LogP contribution in [0, 0.1) is 0 Å². The van der Waals surface area contributed by atoms with Gasteiger partial charge in [-0.1, -0.05) is 51.2 Å². The molecule has 0 radical (unpaired) electrons. The third kappa shape index (κ3) is 4.65. The molecule has 0 N–H and O–H groups in total. The van der Waals surface area contributed by atoms with Crippen LogP contribution in [0.1, 0.15) is 45.4 Å². The minimum absolute atomic E-state index is 0.0411. The van der Waals surface area contributed by atoms with E-state index in [9.17, 15) is 4.79 Å². The number of aldehydes is 1. The predicted molar refractivity (Wildman–Crippen MR) is 68.2 cm³/mol. The Morgan fingerprint density at radius 3 is 2.62 bits per heavy atom. The van der Waals surface area contributed by atoms with Gasteiger partial charge < -0.3 is 9.69 Å². The molecule has 1 aliphatic heterocycles. The fourth-order valence-electron chi connectivity index (χ4n) is 1.97. The number of hydrogen-bond acceptors (Lipinski definition) is 2. The van der Waals surface area contributed by atoms with E-state index in [1.807, 2.05) is 24.4 Å². The first kappa shape index (κ1) is 13.0. The second-order valence-electron chi connectivity index (χ2n) is 4.36. The van der Waals surface area contributed by atoms with Crippen molar-refractivity contribution in [2.75, 3.05) is 6.54 Å². The Morgan fingerprint density at radius 2 is 1.88 bits per heavy atom. The summed E-state index contributed by atoms with van der Waals surface area (Å²) in [6, 6.07) is -0.0411. The molecule has 16 heavy (non-hydrogen) atoms. The fraction of sp³-hybridized carbons (Fsp3) is 0.643. The van der Waals surface area contributed by atoms with Gasteiger partial charge in [0.05, 0.1) is 0 Å². The number of hydrogen-bond donors (Lipinski definition) is 0. The smallest absolute Gasteiger partial charge is 0.146 e. The molecule has 0 amide bonds. The van der Waals surface area contributed by atoms with Crippen LogP contribution >= 0.6 is 0 Å². The van der Waals surface area contributed by atoms with Gasteiger partial charge in [0.1, 0.15) is 12.3 Å². The van der Waals surface area contributed by atoms with Crippen molar-refractivity contribution in [1.29, 1.82) is 0 Å².